The zero-order chi connectivity index (χ0) is 16.3. The van der Waals surface area contributed by atoms with Crippen LogP contribution in [0.1, 0.15) is 33.3 Å². The lowest BCUT2D eigenvalue weighted by molar-refractivity contribution is -0.144. The lowest BCUT2D eigenvalue weighted by Gasteiger charge is -2.29. The molecular formula is C15H21NO4S. The van der Waals surface area contributed by atoms with Gasteiger partial charge in [0.25, 0.3) is 0 Å². The number of nitrogens with one attached hydrogen (secondary N) is 1. The number of rotatable bonds is 4. The topological polar surface area (TPSA) is 75.6 Å². The molecule has 0 heterocycles. The molecule has 21 heavy (non-hydrogen) atoms. The van der Waals surface area contributed by atoms with Gasteiger partial charge in [-0.2, -0.15) is 0 Å². The first kappa shape index (κ1) is 17.4. The van der Waals surface area contributed by atoms with E-state index in [1.54, 1.807) is 44.7 Å². The Hall–Kier alpha value is -1.69. The Morgan fingerprint density at radius 1 is 1.14 bits per heavy atom. The lowest BCUT2D eigenvalue weighted by Crippen LogP contribution is -2.51. The predicted molar refractivity (Wildman–Crippen MR) is 82.6 cm³/mol. The summed E-state index contributed by atoms with van der Waals surface area (Å²) in [4.78, 5) is 24.5. The highest BCUT2D eigenvalue weighted by atomic mass is 32.2. The van der Waals surface area contributed by atoms with E-state index in [9.17, 15) is 14.7 Å². The van der Waals surface area contributed by atoms with E-state index < -0.39 is 23.2 Å². The van der Waals surface area contributed by atoms with Crippen molar-refractivity contribution < 1.29 is 19.4 Å². The largest absolute Gasteiger partial charge is 0.479 e. The van der Waals surface area contributed by atoms with Gasteiger partial charge in [0.2, 0.25) is 0 Å². The van der Waals surface area contributed by atoms with E-state index in [1.807, 2.05) is 18.4 Å². The standard InChI is InChI=1S/C15H21NO4S/c1-14(2,3)20-13(19)16-15(4,12(17)18)10-6-8-11(21-5)9-7-10/h6-9H,1-5H3,(H,16,19)(H,17,18). The number of carbonyl (C=O) groups excluding carboxylic acids is 1. The van der Waals surface area contributed by atoms with Crippen molar-refractivity contribution >= 4 is 23.8 Å². The monoisotopic (exact) mass is 311 g/mol. The Morgan fingerprint density at radius 3 is 2.05 bits per heavy atom. The molecule has 1 atom stereocenters. The van der Waals surface area contributed by atoms with E-state index in [1.165, 1.54) is 6.92 Å². The number of thioether (sulfide) groups is 1. The van der Waals surface area contributed by atoms with Crippen LogP contribution in [0.2, 0.25) is 0 Å². The second-order valence-corrected chi connectivity index (χ2v) is 6.67. The van der Waals surface area contributed by atoms with E-state index in [4.69, 9.17) is 4.74 Å². The molecule has 1 rings (SSSR count). The molecule has 0 saturated carbocycles. The molecule has 2 N–H and O–H groups in total. The third kappa shape index (κ3) is 4.67. The number of carboxylic acids is 1. The Labute approximate surface area is 129 Å². The van der Waals surface area contributed by atoms with Gasteiger partial charge < -0.3 is 15.2 Å². The van der Waals surface area contributed by atoms with Crippen molar-refractivity contribution in [2.75, 3.05) is 6.26 Å². The van der Waals surface area contributed by atoms with E-state index in [0.29, 0.717) is 5.56 Å². The van der Waals surface area contributed by atoms with Gasteiger partial charge in [-0.1, -0.05) is 12.1 Å². The molecule has 1 unspecified atom stereocenters. The molecule has 0 saturated heterocycles. The maximum absolute atomic E-state index is 11.9. The Bertz CT molecular complexity index is 521. The summed E-state index contributed by atoms with van der Waals surface area (Å²) in [5.41, 5.74) is -1.75. The van der Waals surface area contributed by atoms with Gasteiger partial charge in [0.05, 0.1) is 0 Å². The number of carboxylic acid groups (broad SMARTS) is 1. The SMILES string of the molecule is CSc1ccc(C(C)(NC(=O)OC(C)(C)C)C(=O)O)cc1. The first-order valence-electron chi connectivity index (χ1n) is 6.47. The third-order valence-corrected chi connectivity index (χ3v) is 3.59. The van der Waals surface area contributed by atoms with Crippen molar-refractivity contribution in [2.24, 2.45) is 0 Å². The summed E-state index contributed by atoms with van der Waals surface area (Å²) in [5, 5.41) is 11.9. The smallest absolute Gasteiger partial charge is 0.408 e. The molecule has 1 aromatic rings. The highest BCUT2D eigenvalue weighted by molar-refractivity contribution is 7.98. The fourth-order valence-corrected chi connectivity index (χ4v) is 2.09. The molecule has 0 aliphatic carbocycles. The average molecular weight is 311 g/mol. The normalized spacial score (nSPS) is 14.1. The van der Waals surface area contributed by atoms with Gasteiger partial charge in [-0.3, -0.25) is 0 Å². The number of alkyl carbamates (subject to hydrolysis) is 1. The molecule has 0 spiro atoms. The highest BCUT2D eigenvalue weighted by Crippen LogP contribution is 2.25. The van der Waals surface area contributed by atoms with Crippen LogP contribution < -0.4 is 5.32 Å². The summed E-state index contributed by atoms with van der Waals surface area (Å²) in [6.45, 7) is 6.60. The molecule has 6 heteroatoms. The summed E-state index contributed by atoms with van der Waals surface area (Å²) in [6.07, 6.45) is 1.17. The number of hydrogen-bond donors (Lipinski definition) is 2. The molecule has 0 fully saturated rings. The lowest BCUT2D eigenvalue weighted by atomic mass is 9.92. The molecule has 0 aliphatic rings. The van der Waals surface area contributed by atoms with Gasteiger partial charge in [-0.25, -0.2) is 9.59 Å². The fourth-order valence-electron chi connectivity index (χ4n) is 1.68. The van der Waals surface area contributed by atoms with Gasteiger partial charge in [-0.05, 0) is 51.6 Å². The van der Waals surface area contributed by atoms with Crippen molar-refractivity contribution in [1.29, 1.82) is 0 Å². The first-order chi connectivity index (χ1) is 9.58. The third-order valence-electron chi connectivity index (χ3n) is 2.85. The van der Waals surface area contributed by atoms with Crippen LogP contribution in [0, 0.1) is 0 Å². The summed E-state index contributed by atoms with van der Waals surface area (Å²) in [5.74, 6) is -1.15. The van der Waals surface area contributed by atoms with Crippen molar-refractivity contribution in [3.8, 4) is 0 Å². The van der Waals surface area contributed by atoms with Crippen molar-refractivity contribution in [1.82, 2.24) is 5.32 Å². The van der Waals surface area contributed by atoms with Crippen molar-refractivity contribution in [3.05, 3.63) is 29.8 Å². The Kier molecular flexibility index (Phi) is 5.28. The molecule has 116 valence electrons. The van der Waals surface area contributed by atoms with Gasteiger partial charge in [0, 0.05) is 4.90 Å². The van der Waals surface area contributed by atoms with Gasteiger partial charge in [0.15, 0.2) is 5.54 Å². The zero-order valence-corrected chi connectivity index (χ0v) is 13.7. The Morgan fingerprint density at radius 2 is 1.67 bits per heavy atom. The molecule has 0 aliphatic heterocycles. The van der Waals surface area contributed by atoms with E-state index in [2.05, 4.69) is 5.32 Å². The second kappa shape index (κ2) is 6.39. The minimum Gasteiger partial charge on any atom is -0.479 e. The minimum atomic E-state index is -1.54. The van der Waals surface area contributed by atoms with Crippen LogP contribution in [0.5, 0.6) is 0 Å². The molecule has 1 amide bonds. The minimum absolute atomic E-state index is 0.485. The number of benzene rings is 1. The van der Waals surface area contributed by atoms with Gasteiger partial charge in [-0.15, -0.1) is 11.8 Å². The molecule has 0 radical (unpaired) electrons. The zero-order valence-electron chi connectivity index (χ0n) is 12.9. The first-order valence-corrected chi connectivity index (χ1v) is 7.70. The molecule has 0 aromatic heterocycles. The average Bonchev–Trinajstić information content (AvgIpc) is 2.36. The quantitative estimate of drug-likeness (QED) is 0.835. The van der Waals surface area contributed by atoms with Crippen LogP contribution >= 0.6 is 11.8 Å². The molecule has 1 aromatic carbocycles. The second-order valence-electron chi connectivity index (χ2n) is 5.79. The molecular weight excluding hydrogens is 290 g/mol. The number of ether oxygens (including phenoxy) is 1. The maximum Gasteiger partial charge on any atom is 0.408 e. The van der Waals surface area contributed by atoms with E-state index >= 15 is 0 Å². The number of amides is 1. The highest BCUT2D eigenvalue weighted by Gasteiger charge is 2.38. The van der Waals surface area contributed by atoms with E-state index in [0.717, 1.165) is 4.90 Å². The maximum atomic E-state index is 11.9. The summed E-state index contributed by atoms with van der Waals surface area (Å²) in [6, 6.07) is 7.02. The molecule has 0 bridgehead atoms. The van der Waals surface area contributed by atoms with Crippen LogP contribution in [0.15, 0.2) is 29.2 Å². The summed E-state index contributed by atoms with van der Waals surface area (Å²) in [7, 11) is 0. The number of carbonyl (C=O) groups is 2. The van der Waals surface area contributed by atoms with E-state index in [-0.39, 0.29) is 0 Å². The van der Waals surface area contributed by atoms with Crippen molar-refractivity contribution in [2.45, 2.75) is 43.7 Å². The Balaban J connectivity index is 3.02. The fraction of sp³-hybridized carbons (Fsp3) is 0.467. The van der Waals surface area contributed by atoms with Crippen LogP contribution in [0.25, 0.3) is 0 Å². The summed E-state index contributed by atoms with van der Waals surface area (Å²) >= 11 is 1.56. The number of aliphatic carboxylic acids is 1. The van der Waals surface area contributed by atoms with Gasteiger partial charge >= 0.3 is 12.1 Å². The number of hydrogen-bond acceptors (Lipinski definition) is 4. The molecule has 5 nitrogen and oxygen atoms in total. The van der Waals surface area contributed by atoms with Crippen molar-refractivity contribution in [3.63, 3.8) is 0 Å². The summed E-state index contributed by atoms with van der Waals surface area (Å²) < 4.78 is 5.13. The van der Waals surface area contributed by atoms with Crippen LogP contribution in [0.4, 0.5) is 4.79 Å². The van der Waals surface area contributed by atoms with Crippen LogP contribution in [0.3, 0.4) is 0 Å². The van der Waals surface area contributed by atoms with Crippen LogP contribution in [-0.4, -0.2) is 29.0 Å². The van der Waals surface area contributed by atoms with Crippen LogP contribution in [-0.2, 0) is 15.1 Å². The predicted octanol–water partition coefficient (Wildman–Crippen LogP) is 3.23. The van der Waals surface area contributed by atoms with Gasteiger partial charge in [0.1, 0.15) is 5.60 Å².